The highest BCUT2D eigenvalue weighted by atomic mass is 35.5. The molecule has 1 rings (SSSR count). The number of nitrogens with two attached hydrogens (primary N) is 1. The number of hydrogen-bond donors (Lipinski definition) is 1. The summed E-state index contributed by atoms with van der Waals surface area (Å²) in [4.78, 5) is 1.32. The monoisotopic (exact) mass is 280 g/mol. The third-order valence-electron chi connectivity index (χ3n) is 2.41. The van der Waals surface area contributed by atoms with Crippen molar-refractivity contribution in [3.63, 3.8) is 0 Å². The van der Waals surface area contributed by atoms with Crippen LogP contribution in [0.2, 0.25) is 5.02 Å². The number of nitrogens with zero attached hydrogens (tertiary/aromatic N) is 1. The van der Waals surface area contributed by atoms with E-state index in [1.165, 1.54) is 4.90 Å². The van der Waals surface area contributed by atoms with Gasteiger partial charge in [-0.2, -0.15) is 13.2 Å². The average Bonchev–Trinajstić information content (AvgIpc) is 2.21. The van der Waals surface area contributed by atoms with E-state index in [-0.39, 0.29) is 6.54 Å². The second-order valence-corrected chi connectivity index (χ2v) is 4.58. The predicted octanol–water partition coefficient (Wildman–Crippen LogP) is 3.70. The van der Waals surface area contributed by atoms with Crippen molar-refractivity contribution in [1.82, 2.24) is 4.90 Å². The molecule has 1 aromatic rings. The number of halogens is 4. The number of anilines is 1. The highest BCUT2D eigenvalue weighted by Crippen LogP contribution is 2.23. The molecule has 2 nitrogen and oxygen atoms in total. The molecule has 2 N–H and O–H groups in total. The van der Waals surface area contributed by atoms with Crippen LogP contribution >= 0.6 is 11.6 Å². The standard InChI is InChI=1S/C12H16ClF3N2/c1-2-5-18(8-12(14,15)16)7-9-6-10(17)3-4-11(9)13/h3-4,6H,2,5,7-8,17H2,1H3. The molecular formula is C12H16ClF3N2. The van der Waals surface area contributed by atoms with Crippen LogP contribution in [0.4, 0.5) is 18.9 Å². The molecule has 0 heterocycles. The number of hydrogen-bond acceptors (Lipinski definition) is 2. The molecule has 0 amide bonds. The summed E-state index contributed by atoms with van der Waals surface area (Å²) in [6.07, 6.45) is -3.56. The topological polar surface area (TPSA) is 29.3 Å². The Kier molecular flexibility index (Phi) is 5.28. The SMILES string of the molecule is CCCN(Cc1cc(N)ccc1Cl)CC(F)(F)F. The Bertz CT molecular complexity index is 393. The molecule has 6 heteroatoms. The molecule has 0 atom stereocenters. The molecule has 0 spiro atoms. The summed E-state index contributed by atoms with van der Waals surface area (Å²) >= 11 is 5.95. The van der Waals surface area contributed by atoms with Gasteiger partial charge in [-0.05, 0) is 36.7 Å². The first-order valence-electron chi connectivity index (χ1n) is 5.65. The van der Waals surface area contributed by atoms with Crippen LogP contribution in [0, 0.1) is 0 Å². The first-order chi connectivity index (χ1) is 8.31. The van der Waals surface area contributed by atoms with E-state index >= 15 is 0 Å². The van der Waals surface area contributed by atoms with Crippen molar-refractivity contribution in [1.29, 1.82) is 0 Å². The fourth-order valence-electron chi connectivity index (χ4n) is 1.74. The lowest BCUT2D eigenvalue weighted by atomic mass is 10.2. The minimum Gasteiger partial charge on any atom is -0.399 e. The number of alkyl halides is 3. The Morgan fingerprint density at radius 1 is 1.33 bits per heavy atom. The highest BCUT2D eigenvalue weighted by Gasteiger charge is 2.30. The average molecular weight is 281 g/mol. The van der Waals surface area contributed by atoms with Crippen LogP contribution < -0.4 is 5.73 Å². The van der Waals surface area contributed by atoms with Gasteiger partial charge in [0.25, 0.3) is 0 Å². The lowest BCUT2D eigenvalue weighted by Gasteiger charge is -2.23. The van der Waals surface area contributed by atoms with Gasteiger partial charge >= 0.3 is 6.18 Å². The summed E-state index contributed by atoms with van der Waals surface area (Å²) in [6.45, 7) is 1.41. The number of nitrogen functional groups attached to an aromatic ring is 1. The molecule has 102 valence electrons. The molecule has 0 saturated heterocycles. The van der Waals surface area contributed by atoms with Crippen LogP contribution in [0.3, 0.4) is 0 Å². The maximum Gasteiger partial charge on any atom is 0.401 e. The Balaban J connectivity index is 2.79. The van der Waals surface area contributed by atoms with Crippen LogP contribution in [0.1, 0.15) is 18.9 Å². The quantitative estimate of drug-likeness (QED) is 0.834. The van der Waals surface area contributed by atoms with Crippen molar-refractivity contribution in [2.75, 3.05) is 18.8 Å². The van der Waals surface area contributed by atoms with Crippen LogP contribution in [0.5, 0.6) is 0 Å². The zero-order valence-electron chi connectivity index (χ0n) is 10.1. The van der Waals surface area contributed by atoms with Crippen molar-refractivity contribution in [3.05, 3.63) is 28.8 Å². The number of benzene rings is 1. The normalized spacial score (nSPS) is 12.1. The van der Waals surface area contributed by atoms with Crippen LogP contribution in [-0.4, -0.2) is 24.2 Å². The second kappa shape index (κ2) is 6.29. The van der Waals surface area contributed by atoms with Crippen LogP contribution in [-0.2, 0) is 6.54 Å². The third-order valence-corrected chi connectivity index (χ3v) is 2.78. The van der Waals surface area contributed by atoms with Crippen molar-refractivity contribution in [3.8, 4) is 0 Å². The third kappa shape index (κ3) is 5.14. The molecule has 0 aliphatic rings. The van der Waals surface area contributed by atoms with Gasteiger partial charge in [-0.25, -0.2) is 0 Å². The van der Waals surface area contributed by atoms with Gasteiger partial charge in [0.05, 0.1) is 6.54 Å². The van der Waals surface area contributed by atoms with Gasteiger partial charge in [0.15, 0.2) is 0 Å². The van der Waals surface area contributed by atoms with Crippen molar-refractivity contribution in [2.45, 2.75) is 26.1 Å². The summed E-state index contributed by atoms with van der Waals surface area (Å²) < 4.78 is 37.2. The largest absolute Gasteiger partial charge is 0.401 e. The van der Waals surface area contributed by atoms with E-state index in [1.807, 2.05) is 6.92 Å². The van der Waals surface area contributed by atoms with E-state index in [0.29, 0.717) is 29.2 Å². The second-order valence-electron chi connectivity index (χ2n) is 4.18. The summed E-state index contributed by atoms with van der Waals surface area (Å²) in [6, 6.07) is 4.84. The van der Waals surface area contributed by atoms with E-state index in [9.17, 15) is 13.2 Å². The molecule has 0 saturated carbocycles. The summed E-state index contributed by atoms with van der Waals surface area (Å²) in [5.74, 6) is 0. The minimum absolute atomic E-state index is 0.150. The Hall–Kier alpha value is -0.940. The molecule has 1 aromatic carbocycles. The number of rotatable bonds is 5. The molecule has 0 aromatic heterocycles. The summed E-state index contributed by atoms with van der Waals surface area (Å²) in [5.41, 5.74) is 6.72. The van der Waals surface area contributed by atoms with E-state index in [1.54, 1.807) is 18.2 Å². The van der Waals surface area contributed by atoms with E-state index in [0.717, 1.165) is 0 Å². The lowest BCUT2D eigenvalue weighted by molar-refractivity contribution is -0.147. The Morgan fingerprint density at radius 3 is 2.56 bits per heavy atom. The van der Waals surface area contributed by atoms with Gasteiger partial charge in [0.2, 0.25) is 0 Å². The van der Waals surface area contributed by atoms with Gasteiger partial charge in [0.1, 0.15) is 0 Å². The van der Waals surface area contributed by atoms with Crippen molar-refractivity contribution >= 4 is 17.3 Å². The first kappa shape index (κ1) is 15.1. The van der Waals surface area contributed by atoms with Crippen molar-refractivity contribution < 1.29 is 13.2 Å². The fourth-order valence-corrected chi connectivity index (χ4v) is 1.92. The smallest absolute Gasteiger partial charge is 0.399 e. The molecule has 0 aliphatic carbocycles. The maximum absolute atomic E-state index is 12.4. The Morgan fingerprint density at radius 2 is 2.00 bits per heavy atom. The summed E-state index contributed by atoms with van der Waals surface area (Å²) in [7, 11) is 0. The molecule has 0 radical (unpaired) electrons. The van der Waals surface area contributed by atoms with Gasteiger partial charge in [0, 0.05) is 17.3 Å². The molecule has 0 fully saturated rings. The van der Waals surface area contributed by atoms with Gasteiger partial charge in [-0.3, -0.25) is 4.90 Å². The molecule has 0 unspecified atom stereocenters. The molecule has 0 bridgehead atoms. The summed E-state index contributed by atoms with van der Waals surface area (Å²) in [5, 5.41) is 0.437. The highest BCUT2D eigenvalue weighted by molar-refractivity contribution is 6.31. The maximum atomic E-state index is 12.4. The predicted molar refractivity (Wildman–Crippen MR) is 67.5 cm³/mol. The van der Waals surface area contributed by atoms with Crippen LogP contribution in [0.25, 0.3) is 0 Å². The first-order valence-corrected chi connectivity index (χ1v) is 6.02. The van der Waals surface area contributed by atoms with Gasteiger partial charge < -0.3 is 5.73 Å². The Labute approximate surface area is 110 Å². The van der Waals surface area contributed by atoms with Gasteiger partial charge in [-0.1, -0.05) is 18.5 Å². The van der Waals surface area contributed by atoms with E-state index < -0.39 is 12.7 Å². The molecule has 18 heavy (non-hydrogen) atoms. The fraction of sp³-hybridized carbons (Fsp3) is 0.500. The minimum atomic E-state index is -4.21. The van der Waals surface area contributed by atoms with E-state index in [4.69, 9.17) is 17.3 Å². The molecular weight excluding hydrogens is 265 g/mol. The van der Waals surface area contributed by atoms with Crippen molar-refractivity contribution in [2.24, 2.45) is 0 Å². The van der Waals surface area contributed by atoms with E-state index in [2.05, 4.69) is 0 Å². The lowest BCUT2D eigenvalue weighted by Crippen LogP contribution is -2.34. The zero-order chi connectivity index (χ0) is 13.8. The van der Waals surface area contributed by atoms with Gasteiger partial charge in [-0.15, -0.1) is 0 Å². The van der Waals surface area contributed by atoms with Crippen LogP contribution in [0.15, 0.2) is 18.2 Å². The zero-order valence-corrected chi connectivity index (χ0v) is 10.9. The molecule has 0 aliphatic heterocycles.